The molecule has 0 aliphatic carbocycles. The Kier molecular flexibility index (Phi) is 5.06. The van der Waals surface area contributed by atoms with Gasteiger partial charge in [-0.25, -0.2) is 9.59 Å². The molecule has 1 aromatic rings. The first-order valence-corrected chi connectivity index (χ1v) is 5.98. The van der Waals surface area contributed by atoms with Gasteiger partial charge in [-0.15, -0.1) is 0 Å². The van der Waals surface area contributed by atoms with Crippen LogP contribution in [0.25, 0.3) is 0 Å². The van der Waals surface area contributed by atoms with E-state index >= 15 is 0 Å². The minimum absolute atomic E-state index is 0.0352. The number of amides is 3. The highest BCUT2D eigenvalue weighted by Crippen LogP contribution is 1.95. The predicted octanol–water partition coefficient (Wildman–Crippen LogP) is -1.44. The zero-order valence-electron chi connectivity index (χ0n) is 9.63. The Morgan fingerprint density at radius 1 is 1.47 bits per heavy atom. The van der Waals surface area contributed by atoms with E-state index in [2.05, 4.69) is 15.6 Å². The summed E-state index contributed by atoms with van der Waals surface area (Å²) in [6, 6.07) is -2.17. The van der Waals surface area contributed by atoms with Crippen LogP contribution in [0.3, 0.4) is 0 Å². The summed E-state index contributed by atoms with van der Waals surface area (Å²) in [5.74, 6) is -2.20. The molecule has 3 amide bonds. The van der Waals surface area contributed by atoms with E-state index in [4.69, 9.17) is 10.8 Å². The first-order chi connectivity index (χ1) is 8.88. The standard InChI is InChI=1S/C9H12N4O5S/c10-6(14)1-5(7(15)16)13-8(17)11-2-4-3-19-9(18)12-4/h3,5H,1-2H2,(H2,10,14)(H,12,18)(H,15,16)(H2,11,13,17)/t5-/m1/s1. The molecule has 0 radical (unpaired) electrons. The van der Waals surface area contributed by atoms with Crippen LogP contribution in [0.1, 0.15) is 12.1 Å². The molecule has 1 atom stereocenters. The molecule has 10 heteroatoms. The second kappa shape index (κ2) is 6.54. The van der Waals surface area contributed by atoms with E-state index in [1.54, 1.807) is 0 Å². The molecule has 19 heavy (non-hydrogen) atoms. The number of carbonyl (C=O) groups is 3. The van der Waals surface area contributed by atoms with Gasteiger partial charge in [0.2, 0.25) is 5.91 Å². The summed E-state index contributed by atoms with van der Waals surface area (Å²) in [6.45, 7) is 0.0352. The highest BCUT2D eigenvalue weighted by molar-refractivity contribution is 7.07. The molecule has 0 aliphatic rings. The maximum atomic E-state index is 11.4. The Morgan fingerprint density at radius 2 is 2.16 bits per heavy atom. The lowest BCUT2D eigenvalue weighted by Gasteiger charge is -2.13. The van der Waals surface area contributed by atoms with E-state index in [1.807, 2.05) is 0 Å². The maximum absolute atomic E-state index is 11.4. The van der Waals surface area contributed by atoms with Crippen molar-refractivity contribution in [2.75, 3.05) is 0 Å². The lowest BCUT2D eigenvalue weighted by atomic mass is 10.2. The summed E-state index contributed by atoms with van der Waals surface area (Å²) in [7, 11) is 0. The quantitative estimate of drug-likeness (QED) is 0.434. The van der Waals surface area contributed by atoms with Gasteiger partial charge < -0.3 is 26.5 Å². The number of aromatic amines is 1. The van der Waals surface area contributed by atoms with Crippen LogP contribution in [-0.4, -0.2) is 34.0 Å². The second-order valence-corrected chi connectivity index (χ2v) is 4.40. The van der Waals surface area contributed by atoms with Crippen molar-refractivity contribution in [2.45, 2.75) is 19.0 Å². The van der Waals surface area contributed by atoms with Crippen molar-refractivity contribution in [3.8, 4) is 0 Å². The number of hydrogen-bond acceptors (Lipinski definition) is 5. The normalized spacial score (nSPS) is 11.6. The molecule has 6 N–H and O–H groups in total. The summed E-state index contributed by atoms with van der Waals surface area (Å²) in [5, 5.41) is 14.7. The molecule has 0 aromatic carbocycles. The third-order valence-electron chi connectivity index (χ3n) is 2.02. The number of nitrogens with one attached hydrogen (secondary N) is 3. The average Bonchev–Trinajstić information content (AvgIpc) is 2.71. The van der Waals surface area contributed by atoms with Gasteiger partial charge in [-0.3, -0.25) is 9.59 Å². The van der Waals surface area contributed by atoms with E-state index in [1.165, 1.54) is 5.38 Å². The van der Waals surface area contributed by atoms with E-state index in [9.17, 15) is 19.2 Å². The van der Waals surface area contributed by atoms with Crippen molar-refractivity contribution >= 4 is 29.2 Å². The number of urea groups is 1. The van der Waals surface area contributed by atoms with E-state index in [0.717, 1.165) is 11.3 Å². The van der Waals surface area contributed by atoms with Crippen LogP contribution in [0, 0.1) is 0 Å². The van der Waals surface area contributed by atoms with E-state index < -0.39 is 30.4 Å². The fraction of sp³-hybridized carbons (Fsp3) is 0.333. The molecule has 1 rings (SSSR count). The van der Waals surface area contributed by atoms with Crippen LogP contribution in [0.2, 0.25) is 0 Å². The summed E-state index contributed by atoms with van der Waals surface area (Å²) >= 11 is 0.945. The Morgan fingerprint density at radius 3 is 2.63 bits per heavy atom. The zero-order chi connectivity index (χ0) is 14.4. The van der Waals surface area contributed by atoms with E-state index in [-0.39, 0.29) is 11.4 Å². The van der Waals surface area contributed by atoms with Gasteiger partial charge in [-0.2, -0.15) is 0 Å². The number of H-pyrrole nitrogens is 1. The number of hydrogen-bond donors (Lipinski definition) is 5. The Hall–Kier alpha value is -2.36. The molecule has 0 bridgehead atoms. The van der Waals surface area contributed by atoms with Crippen molar-refractivity contribution in [2.24, 2.45) is 5.73 Å². The van der Waals surface area contributed by atoms with Crippen molar-refractivity contribution in [3.05, 3.63) is 20.7 Å². The molecule has 1 aromatic heterocycles. The Bertz CT molecular complexity index is 537. The monoisotopic (exact) mass is 288 g/mol. The number of thiazole rings is 1. The average molecular weight is 288 g/mol. The van der Waals surface area contributed by atoms with Crippen LogP contribution in [-0.2, 0) is 16.1 Å². The Labute approximate surface area is 110 Å². The molecule has 0 fully saturated rings. The van der Waals surface area contributed by atoms with Crippen molar-refractivity contribution < 1.29 is 19.5 Å². The van der Waals surface area contributed by atoms with Crippen molar-refractivity contribution in [1.82, 2.24) is 15.6 Å². The van der Waals surface area contributed by atoms with Gasteiger partial charge in [0.15, 0.2) is 0 Å². The molecule has 1 heterocycles. The first kappa shape index (κ1) is 14.7. The number of carboxylic acids is 1. The second-order valence-electron chi connectivity index (χ2n) is 3.56. The largest absolute Gasteiger partial charge is 0.480 e. The third-order valence-corrected chi connectivity index (χ3v) is 2.74. The maximum Gasteiger partial charge on any atom is 0.326 e. The summed E-state index contributed by atoms with van der Waals surface area (Å²) in [6.07, 6.45) is -0.502. The molecular weight excluding hydrogens is 276 g/mol. The van der Waals surface area contributed by atoms with Crippen LogP contribution >= 0.6 is 11.3 Å². The number of aliphatic carboxylic acids is 1. The number of rotatable bonds is 6. The smallest absolute Gasteiger partial charge is 0.326 e. The van der Waals surface area contributed by atoms with Gasteiger partial charge in [0.25, 0.3) is 0 Å². The number of primary amides is 1. The topological polar surface area (TPSA) is 154 Å². The fourth-order valence-electron chi connectivity index (χ4n) is 1.19. The number of carbonyl (C=O) groups excluding carboxylic acids is 2. The summed E-state index contributed by atoms with van der Waals surface area (Å²) < 4.78 is 0. The number of carboxylic acid groups (broad SMARTS) is 1. The van der Waals surface area contributed by atoms with Crippen molar-refractivity contribution in [1.29, 1.82) is 0 Å². The minimum Gasteiger partial charge on any atom is -0.480 e. The number of aromatic nitrogens is 1. The van der Waals surface area contributed by atoms with Gasteiger partial charge in [0.1, 0.15) is 6.04 Å². The highest BCUT2D eigenvalue weighted by Gasteiger charge is 2.21. The summed E-state index contributed by atoms with van der Waals surface area (Å²) in [4.78, 5) is 45.8. The van der Waals surface area contributed by atoms with Gasteiger partial charge in [0.05, 0.1) is 13.0 Å². The molecule has 0 saturated heterocycles. The number of nitrogens with two attached hydrogens (primary N) is 1. The molecular formula is C9H12N4O5S. The SMILES string of the molecule is NC(=O)C[C@@H](NC(=O)NCc1csc(=O)[nH]1)C(=O)O. The van der Waals surface area contributed by atoms with Crippen LogP contribution in [0.4, 0.5) is 4.79 Å². The summed E-state index contributed by atoms with van der Waals surface area (Å²) in [5.41, 5.74) is 5.35. The Balaban J connectivity index is 2.46. The molecule has 0 unspecified atom stereocenters. The predicted molar refractivity (Wildman–Crippen MR) is 65.5 cm³/mol. The molecule has 0 spiro atoms. The lowest BCUT2D eigenvalue weighted by molar-refractivity contribution is -0.140. The fourth-order valence-corrected chi connectivity index (χ4v) is 1.77. The van der Waals surface area contributed by atoms with Gasteiger partial charge in [0, 0.05) is 11.1 Å². The van der Waals surface area contributed by atoms with Crippen LogP contribution in [0.5, 0.6) is 0 Å². The highest BCUT2D eigenvalue weighted by atomic mass is 32.1. The minimum atomic E-state index is -1.39. The van der Waals surface area contributed by atoms with Crippen LogP contribution < -0.4 is 21.2 Å². The third kappa shape index (κ3) is 5.21. The zero-order valence-corrected chi connectivity index (χ0v) is 10.5. The lowest BCUT2D eigenvalue weighted by Crippen LogP contribution is -2.47. The van der Waals surface area contributed by atoms with Crippen molar-refractivity contribution in [3.63, 3.8) is 0 Å². The van der Waals surface area contributed by atoms with E-state index in [0.29, 0.717) is 5.69 Å². The first-order valence-electron chi connectivity index (χ1n) is 5.10. The molecule has 0 saturated carbocycles. The molecule has 0 aliphatic heterocycles. The van der Waals surface area contributed by atoms with Gasteiger partial charge >= 0.3 is 16.9 Å². The van der Waals surface area contributed by atoms with Gasteiger partial charge in [-0.05, 0) is 0 Å². The van der Waals surface area contributed by atoms with Gasteiger partial charge in [-0.1, -0.05) is 11.3 Å². The molecule has 9 nitrogen and oxygen atoms in total. The van der Waals surface area contributed by atoms with Crippen LogP contribution in [0.15, 0.2) is 10.2 Å². The molecule has 104 valence electrons.